The van der Waals surface area contributed by atoms with Crippen LogP contribution < -0.4 is 9.47 Å². The van der Waals surface area contributed by atoms with Crippen LogP contribution in [-0.2, 0) is 0 Å². The van der Waals surface area contributed by atoms with Crippen molar-refractivity contribution in [1.29, 1.82) is 5.26 Å². The molecule has 2 aromatic rings. The van der Waals surface area contributed by atoms with E-state index in [0.717, 1.165) is 5.56 Å². The van der Waals surface area contributed by atoms with Gasteiger partial charge in [-0.2, -0.15) is 5.26 Å². The van der Waals surface area contributed by atoms with Gasteiger partial charge in [-0.15, -0.1) is 0 Å². The first-order valence-electron chi connectivity index (χ1n) is 7.66. The van der Waals surface area contributed by atoms with E-state index in [2.05, 4.69) is 28.6 Å². The van der Waals surface area contributed by atoms with Gasteiger partial charge in [0.2, 0.25) is 0 Å². The maximum absolute atomic E-state index is 13.4. The van der Waals surface area contributed by atoms with Crippen LogP contribution in [0.3, 0.4) is 0 Å². The van der Waals surface area contributed by atoms with Crippen LogP contribution in [0.1, 0.15) is 18.1 Å². The van der Waals surface area contributed by atoms with Crippen LogP contribution in [0.4, 0.5) is 4.39 Å². The summed E-state index contributed by atoms with van der Waals surface area (Å²) in [6.45, 7) is 6.33. The Balaban J connectivity index is 2.47. The fourth-order valence-electron chi connectivity index (χ4n) is 2.22. The van der Waals surface area contributed by atoms with E-state index >= 15 is 0 Å². The normalized spacial score (nSPS) is 10.9. The predicted octanol–water partition coefficient (Wildman–Crippen LogP) is 5.62. The Morgan fingerprint density at radius 2 is 2.12 bits per heavy atom. The summed E-state index contributed by atoms with van der Waals surface area (Å²) in [5, 5.41) is 9.42. The minimum Gasteiger partial charge on any atom is -0.490 e. The lowest BCUT2D eigenvalue weighted by atomic mass is 10.0. The highest BCUT2D eigenvalue weighted by molar-refractivity contribution is 9.10. The Labute approximate surface area is 155 Å². The van der Waals surface area contributed by atoms with E-state index in [1.54, 1.807) is 30.4 Å². The maximum Gasteiger partial charge on any atom is 0.175 e. The van der Waals surface area contributed by atoms with Gasteiger partial charge in [-0.25, -0.2) is 4.39 Å². The molecule has 0 aromatic heterocycles. The molecular formula is C20H17BrFNO2. The first kappa shape index (κ1) is 18.8. The minimum absolute atomic E-state index is 0.348. The molecule has 0 fully saturated rings. The number of allylic oxidation sites excluding steroid dienone is 1. The number of nitriles is 1. The summed E-state index contributed by atoms with van der Waals surface area (Å²) < 4.78 is 25.4. The van der Waals surface area contributed by atoms with E-state index in [9.17, 15) is 9.65 Å². The monoisotopic (exact) mass is 401 g/mol. The molecule has 0 aliphatic heterocycles. The van der Waals surface area contributed by atoms with Crippen LogP contribution in [0.25, 0.3) is 11.6 Å². The molecule has 2 rings (SSSR count). The molecule has 0 atom stereocenters. The number of benzene rings is 2. The van der Waals surface area contributed by atoms with Crippen LogP contribution in [0, 0.1) is 17.1 Å². The number of hydrogen-bond donors (Lipinski definition) is 0. The topological polar surface area (TPSA) is 42.2 Å². The predicted molar refractivity (Wildman–Crippen MR) is 101 cm³/mol. The second-order valence-electron chi connectivity index (χ2n) is 5.04. The Bertz CT molecular complexity index is 840. The first-order valence-corrected chi connectivity index (χ1v) is 8.46. The molecule has 0 spiro atoms. The van der Waals surface area contributed by atoms with Crippen LogP contribution >= 0.6 is 15.9 Å². The largest absolute Gasteiger partial charge is 0.490 e. The Morgan fingerprint density at radius 3 is 2.76 bits per heavy atom. The molecule has 0 aliphatic carbocycles. The quantitative estimate of drug-likeness (QED) is 0.343. The Kier molecular flexibility index (Phi) is 6.79. The van der Waals surface area contributed by atoms with Gasteiger partial charge in [-0.3, -0.25) is 0 Å². The summed E-state index contributed by atoms with van der Waals surface area (Å²) in [7, 11) is 0. The smallest absolute Gasteiger partial charge is 0.175 e. The minimum atomic E-state index is -0.386. The fraction of sp³-hybridized carbons (Fsp3) is 0.150. The summed E-state index contributed by atoms with van der Waals surface area (Å²) in [5.74, 6) is 0.743. The Hall–Kier alpha value is -2.58. The Morgan fingerprint density at radius 1 is 1.32 bits per heavy atom. The fourth-order valence-corrected chi connectivity index (χ4v) is 2.79. The van der Waals surface area contributed by atoms with Crippen molar-refractivity contribution in [3.8, 4) is 17.6 Å². The van der Waals surface area contributed by atoms with Gasteiger partial charge in [0.05, 0.1) is 22.7 Å². The SMILES string of the molecule is C=CCOc1c(Br)cc(/C=C(/C#N)c2cccc(F)c2)cc1OCC. The van der Waals surface area contributed by atoms with Gasteiger partial charge in [0, 0.05) is 0 Å². The van der Waals surface area contributed by atoms with Gasteiger partial charge >= 0.3 is 0 Å². The van der Waals surface area contributed by atoms with Crippen molar-refractivity contribution < 1.29 is 13.9 Å². The summed E-state index contributed by atoms with van der Waals surface area (Å²) in [6.07, 6.45) is 3.33. The number of halogens is 2. The third-order valence-electron chi connectivity index (χ3n) is 3.24. The molecule has 3 nitrogen and oxygen atoms in total. The van der Waals surface area contributed by atoms with Crippen molar-refractivity contribution >= 4 is 27.6 Å². The second-order valence-corrected chi connectivity index (χ2v) is 5.90. The lowest BCUT2D eigenvalue weighted by molar-refractivity contribution is 0.295. The molecule has 0 radical (unpaired) electrons. The van der Waals surface area contributed by atoms with Crippen LogP contribution in [-0.4, -0.2) is 13.2 Å². The van der Waals surface area contributed by atoms with Gasteiger partial charge in [-0.1, -0.05) is 24.8 Å². The second kappa shape index (κ2) is 9.05. The van der Waals surface area contributed by atoms with E-state index in [1.807, 2.05) is 13.0 Å². The molecule has 0 N–H and O–H groups in total. The van der Waals surface area contributed by atoms with Gasteiger partial charge in [0.25, 0.3) is 0 Å². The van der Waals surface area contributed by atoms with E-state index in [1.165, 1.54) is 12.1 Å². The van der Waals surface area contributed by atoms with Crippen molar-refractivity contribution in [2.24, 2.45) is 0 Å². The molecule has 0 unspecified atom stereocenters. The molecular weight excluding hydrogens is 385 g/mol. The zero-order chi connectivity index (χ0) is 18.2. The van der Waals surface area contributed by atoms with E-state index in [4.69, 9.17) is 9.47 Å². The zero-order valence-electron chi connectivity index (χ0n) is 13.8. The van der Waals surface area contributed by atoms with E-state index in [-0.39, 0.29) is 5.82 Å². The molecule has 128 valence electrons. The van der Waals surface area contributed by atoms with Crippen LogP contribution in [0.2, 0.25) is 0 Å². The zero-order valence-corrected chi connectivity index (χ0v) is 15.3. The van der Waals surface area contributed by atoms with Crippen molar-refractivity contribution in [3.63, 3.8) is 0 Å². The molecule has 0 saturated heterocycles. The van der Waals surface area contributed by atoms with E-state index < -0.39 is 0 Å². The van der Waals surface area contributed by atoms with Gasteiger partial charge in [0.1, 0.15) is 12.4 Å². The highest BCUT2D eigenvalue weighted by Gasteiger charge is 2.12. The highest BCUT2D eigenvalue weighted by Crippen LogP contribution is 2.38. The lowest BCUT2D eigenvalue weighted by Crippen LogP contribution is -2.00. The molecule has 25 heavy (non-hydrogen) atoms. The van der Waals surface area contributed by atoms with Crippen LogP contribution in [0.15, 0.2) is 53.5 Å². The summed E-state index contributed by atoms with van der Waals surface area (Å²) in [6, 6.07) is 11.6. The van der Waals surface area contributed by atoms with Gasteiger partial charge in [-0.05, 0) is 64.3 Å². The average Bonchev–Trinajstić information content (AvgIpc) is 2.59. The molecule has 0 bridgehead atoms. The molecule has 0 amide bonds. The lowest BCUT2D eigenvalue weighted by Gasteiger charge is -2.14. The first-order chi connectivity index (χ1) is 12.1. The van der Waals surface area contributed by atoms with Crippen molar-refractivity contribution in [2.45, 2.75) is 6.92 Å². The molecule has 2 aromatic carbocycles. The van der Waals surface area contributed by atoms with Gasteiger partial charge in [0.15, 0.2) is 11.5 Å². The highest BCUT2D eigenvalue weighted by atomic mass is 79.9. The van der Waals surface area contributed by atoms with Gasteiger partial charge < -0.3 is 9.47 Å². The summed E-state index contributed by atoms with van der Waals surface area (Å²) in [4.78, 5) is 0. The summed E-state index contributed by atoms with van der Waals surface area (Å²) in [5.41, 5.74) is 1.61. The van der Waals surface area contributed by atoms with Crippen molar-refractivity contribution in [1.82, 2.24) is 0 Å². The number of nitrogens with zero attached hydrogens (tertiary/aromatic N) is 1. The van der Waals surface area contributed by atoms with Crippen molar-refractivity contribution in [2.75, 3.05) is 13.2 Å². The van der Waals surface area contributed by atoms with Crippen molar-refractivity contribution in [3.05, 3.63) is 70.5 Å². The average molecular weight is 402 g/mol. The number of ether oxygens (including phenoxy) is 2. The maximum atomic E-state index is 13.4. The molecule has 0 heterocycles. The molecule has 0 saturated carbocycles. The number of hydrogen-bond acceptors (Lipinski definition) is 3. The van der Waals surface area contributed by atoms with Crippen LogP contribution in [0.5, 0.6) is 11.5 Å². The number of rotatable bonds is 7. The standard InChI is InChI=1S/C20H17BrFNO2/c1-3-8-25-20-18(21)10-14(11-19(20)24-4-2)9-16(13-23)15-6-5-7-17(22)12-15/h3,5-7,9-12H,1,4,8H2,2H3/b16-9-. The van der Waals surface area contributed by atoms with E-state index in [0.29, 0.717) is 40.3 Å². The molecule has 5 heteroatoms. The third kappa shape index (κ3) is 4.94. The molecule has 0 aliphatic rings. The summed E-state index contributed by atoms with van der Waals surface area (Å²) >= 11 is 3.47. The third-order valence-corrected chi connectivity index (χ3v) is 3.83.